The van der Waals surface area contributed by atoms with Crippen LogP contribution in [0.5, 0.6) is 5.75 Å². The van der Waals surface area contributed by atoms with Crippen LogP contribution in [0.4, 0.5) is 11.4 Å². The van der Waals surface area contributed by atoms with Crippen molar-refractivity contribution < 1.29 is 22.9 Å². The highest BCUT2D eigenvalue weighted by molar-refractivity contribution is 9.10. The summed E-state index contributed by atoms with van der Waals surface area (Å²) in [6, 6.07) is 14.1. The van der Waals surface area contributed by atoms with Gasteiger partial charge < -0.3 is 14.8 Å². The first-order valence-electron chi connectivity index (χ1n) is 8.08. The van der Waals surface area contributed by atoms with Crippen LogP contribution in [0.2, 0.25) is 0 Å². The van der Waals surface area contributed by atoms with Gasteiger partial charge in [0.05, 0.1) is 12.0 Å². The predicted molar refractivity (Wildman–Crippen MR) is 108 cm³/mol. The van der Waals surface area contributed by atoms with Crippen molar-refractivity contribution in [3.63, 3.8) is 0 Å². The number of nitrogens with one attached hydrogen (secondary N) is 2. The topological polar surface area (TPSA) is 101 Å². The number of amides is 1. The van der Waals surface area contributed by atoms with E-state index in [1.54, 1.807) is 48.8 Å². The summed E-state index contributed by atoms with van der Waals surface area (Å²) in [5, 5.41) is 2.69. The van der Waals surface area contributed by atoms with Crippen molar-refractivity contribution in [2.24, 2.45) is 0 Å². The number of aromatic nitrogens is 1. The highest BCUT2D eigenvalue weighted by Gasteiger charge is 2.17. The van der Waals surface area contributed by atoms with Gasteiger partial charge in [-0.3, -0.25) is 4.79 Å². The number of benzene rings is 2. The number of carbonyl (C=O) groups excluding carboxylic acids is 1. The van der Waals surface area contributed by atoms with Gasteiger partial charge in [-0.2, -0.15) is 0 Å². The van der Waals surface area contributed by atoms with Crippen LogP contribution in [0, 0.1) is 0 Å². The third kappa shape index (κ3) is 4.68. The van der Waals surface area contributed by atoms with Crippen LogP contribution >= 0.6 is 15.9 Å². The molecule has 0 radical (unpaired) electrons. The Morgan fingerprint density at radius 3 is 2.54 bits per heavy atom. The summed E-state index contributed by atoms with van der Waals surface area (Å²) in [6.07, 6.45) is 3.32. The number of halogens is 1. The second kappa shape index (κ2) is 8.41. The molecule has 0 saturated carbocycles. The van der Waals surface area contributed by atoms with Crippen LogP contribution in [0.1, 0.15) is 10.4 Å². The van der Waals surface area contributed by atoms with Gasteiger partial charge in [-0.15, -0.1) is 5.69 Å². The third-order valence-corrected chi connectivity index (χ3v) is 5.58. The lowest BCUT2D eigenvalue weighted by atomic mass is 10.2. The van der Waals surface area contributed by atoms with Gasteiger partial charge in [0.1, 0.15) is 21.5 Å². The number of carbonyl (C=O) groups is 1. The number of nitrogens with zero attached hydrogens (tertiary/aromatic N) is 1. The molecule has 1 aromatic heterocycles. The molecule has 2 N–H and O–H groups in total. The molecule has 28 heavy (non-hydrogen) atoms. The van der Waals surface area contributed by atoms with E-state index in [1.807, 2.05) is 0 Å². The number of hydrogen-bond donors (Lipinski definition) is 1. The van der Waals surface area contributed by atoms with E-state index < -0.39 is 15.9 Å². The van der Waals surface area contributed by atoms with Gasteiger partial charge in [0.15, 0.2) is 12.4 Å². The molecule has 0 saturated heterocycles. The third-order valence-electron chi connectivity index (χ3n) is 3.72. The van der Waals surface area contributed by atoms with Crippen LogP contribution in [-0.2, 0) is 10.0 Å². The van der Waals surface area contributed by atoms with E-state index in [0.717, 1.165) is 4.47 Å². The Hall–Kier alpha value is -2.91. The quantitative estimate of drug-likeness (QED) is 0.600. The number of H-pyrrole nitrogens is 1. The Morgan fingerprint density at radius 1 is 1.14 bits per heavy atom. The maximum atomic E-state index is 12.8. The molecular weight excluding hydrogens is 446 g/mol. The number of hydrogen-bond acceptors (Lipinski definition) is 4. The molecule has 1 amide bonds. The van der Waals surface area contributed by atoms with E-state index >= 15 is 0 Å². The number of anilines is 1. The Kier molecular flexibility index (Phi) is 5.96. The van der Waals surface area contributed by atoms with Gasteiger partial charge in [-0.05, 0) is 36.4 Å². The van der Waals surface area contributed by atoms with E-state index in [2.05, 4.69) is 31.0 Å². The smallest absolute Gasteiger partial charge is 0.255 e. The van der Waals surface area contributed by atoms with E-state index in [4.69, 9.17) is 4.74 Å². The van der Waals surface area contributed by atoms with Crippen molar-refractivity contribution in [3.05, 3.63) is 81.7 Å². The van der Waals surface area contributed by atoms with Crippen molar-refractivity contribution in [3.8, 4) is 5.75 Å². The number of aromatic amines is 1. The SMILES string of the molecule is COc1ccc(C(=O)Nc2ccc[nH+]c2)cc1S(=O)(=O)[N-]c1ccc(Br)cc1. The van der Waals surface area contributed by atoms with E-state index in [0.29, 0.717) is 5.69 Å². The van der Waals surface area contributed by atoms with Gasteiger partial charge >= 0.3 is 0 Å². The first-order valence-corrected chi connectivity index (χ1v) is 10.3. The molecule has 0 aliphatic carbocycles. The fraction of sp³-hybridized carbons (Fsp3) is 0.0526. The molecule has 0 unspecified atom stereocenters. The molecule has 3 aromatic rings. The lowest BCUT2D eigenvalue weighted by Gasteiger charge is -2.23. The van der Waals surface area contributed by atoms with Crippen LogP contribution in [0.25, 0.3) is 4.72 Å². The standard InChI is InChI=1S/C19H15BrN3O4S/c1-27-17-9-4-13(19(24)22-16-3-2-10-21-12-16)11-18(17)28(25,26)23-15-7-5-14(20)6-8-15/h2-12H,1H3,(H,22,24)/q-1/p+1. The molecule has 7 nitrogen and oxygen atoms in total. The molecule has 0 fully saturated rings. The molecule has 9 heteroatoms. The minimum atomic E-state index is -4.10. The van der Waals surface area contributed by atoms with E-state index in [1.165, 1.54) is 25.3 Å². The lowest BCUT2D eigenvalue weighted by Crippen LogP contribution is -2.14. The Labute approximate surface area is 170 Å². The van der Waals surface area contributed by atoms with Crippen molar-refractivity contribution in [1.29, 1.82) is 0 Å². The number of rotatable bonds is 6. The highest BCUT2D eigenvalue weighted by Crippen LogP contribution is 2.34. The minimum Gasteiger partial charge on any atom is -0.573 e. The highest BCUT2D eigenvalue weighted by atomic mass is 79.9. The zero-order chi connectivity index (χ0) is 20.1. The molecular formula is C19H16BrN3O4S. The summed E-state index contributed by atoms with van der Waals surface area (Å²) in [5.41, 5.74) is 0.974. The molecule has 0 spiro atoms. The maximum Gasteiger partial charge on any atom is 0.255 e. The van der Waals surface area contributed by atoms with Crippen LogP contribution in [0.3, 0.4) is 0 Å². The Balaban J connectivity index is 1.91. The fourth-order valence-corrected chi connectivity index (χ4v) is 3.83. The van der Waals surface area contributed by atoms with E-state index in [-0.39, 0.29) is 21.9 Å². The summed E-state index contributed by atoms with van der Waals surface area (Å²) in [5.74, 6) is -0.354. The van der Waals surface area contributed by atoms with Gasteiger partial charge in [0.2, 0.25) is 0 Å². The average Bonchev–Trinajstić information content (AvgIpc) is 2.70. The minimum absolute atomic E-state index is 0.102. The summed E-state index contributed by atoms with van der Waals surface area (Å²) >= 11 is 3.29. The predicted octanol–water partition coefficient (Wildman–Crippen LogP) is 3.92. The number of sulfonamides is 1. The zero-order valence-electron chi connectivity index (χ0n) is 14.7. The van der Waals surface area contributed by atoms with Crippen molar-refractivity contribution in [2.45, 2.75) is 4.90 Å². The van der Waals surface area contributed by atoms with Gasteiger partial charge in [0.25, 0.3) is 5.91 Å². The molecule has 144 valence electrons. The Bertz CT molecular complexity index is 1090. The maximum absolute atomic E-state index is 12.8. The Morgan fingerprint density at radius 2 is 1.89 bits per heavy atom. The van der Waals surface area contributed by atoms with Gasteiger partial charge in [-0.25, -0.2) is 13.4 Å². The number of methoxy groups -OCH3 is 1. The molecule has 0 bridgehead atoms. The summed E-state index contributed by atoms with van der Waals surface area (Å²) in [7, 11) is -2.74. The molecule has 3 rings (SSSR count). The molecule has 0 aliphatic rings. The second-order valence-electron chi connectivity index (χ2n) is 5.65. The van der Waals surface area contributed by atoms with Crippen LogP contribution < -0.4 is 15.0 Å². The second-order valence-corrected chi connectivity index (χ2v) is 8.14. The van der Waals surface area contributed by atoms with Crippen molar-refractivity contribution in [2.75, 3.05) is 12.4 Å². The first kappa shape index (κ1) is 19.8. The summed E-state index contributed by atoms with van der Waals surface area (Å²) in [4.78, 5) is 15.2. The van der Waals surface area contributed by atoms with Gasteiger partial charge in [-0.1, -0.05) is 28.1 Å². The normalized spacial score (nSPS) is 10.9. The number of ether oxygens (including phenoxy) is 1. The van der Waals surface area contributed by atoms with Crippen LogP contribution in [-0.4, -0.2) is 21.4 Å². The van der Waals surface area contributed by atoms with Crippen molar-refractivity contribution >= 4 is 43.2 Å². The fourth-order valence-electron chi connectivity index (χ4n) is 2.38. The van der Waals surface area contributed by atoms with Crippen molar-refractivity contribution in [1.82, 2.24) is 0 Å². The molecule has 1 heterocycles. The first-order chi connectivity index (χ1) is 13.4. The van der Waals surface area contributed by atoms with Gasteiger partial charge in [0, 0.05) is 16.1 Å². The largest absolute Gasteiger partial charge is 0.573 e. The van der Waals surface area contributed by atoms with Crippen LogP contribution in [0.15, 0.2) is 76.4 Å². The molecule has 0 atom stereocenters. The summed E-state index contributed by atoms with van der Waals surface area (Å²) in [6.45, 7) is 0. The molecule has 2 aromatic carbocycles. The molecule has 0 aliphatic heterocycles. The average molecular weight is 462 g/mol. The number of pyridine rings is 1. The zero-order valence-corrected chi connectivity index (χ0v) is 17.1. The lowest BCUT2D eigenvalue weighted by molar-refractivity contribution is -0.377. The van der Waals surface area contributed by atoms with E-state index in [9.17, 15) is 13.2 Å². The summed E-state index contributed by atoms with van der Waals surface area (Å²) < 4.78 is 35.4. The monoisotopic (exact) mass is 461 g/mol.